The standard InChI is InChI=1S/C19H22ClNO4S/c1-3-22-15-7-5-6-8-16(15)24-9-10-25-18-14(20)11-13(19(21)26)12-17(18)23-4-2/h5-8,11-12H,3-4,9-10H2,1-2H3,(H2,21,26). The second-order valence-electron chi connectivity index (χ2n) is 5.16. The van der Waals surface area contributed by atoms with E-state index in [0.717, 1.165) is 0 Å². The van der Waals surface area contributed by atoms with Gasteiger partial charge in [0.05, 0.1) is 18.2 Å². The predicted molar refractivity (Wildman–Crippen MR) is 107 cm³/mol. The fourth-order valence-corrected chi connectivity index (χ4v) is 2.64. The van der Waals surface area contributed by atoms with E-state index in [1.165, 1.54) is 0 Å². The van der Waals surface area contributed by atoms with Gasteiger partial charge in [0.15, 0.2) is 23.0 Å². The minimum Gasteiger partial charge on any atom is -0.490 e. The average molecular weight is 396 g/mol. The Labute approximate surface area is 163 Å². The van der Waals surface area contributed by atoms with E-state index < -0.39 is 0 Å². The topological polar surface area (TPSA) is 62.9 Å². The quantitative estimate of drug-likeness (QED) is 0.479. The molecular weight excluding hydrogens is 374 g/mol. The monoisotopic (exact) mass is 395 g/mol. The van der Waals surface area contributed by atoms with Crippen LogP contribution in [0.3, 0.4) is 0 Å². The zero-order valence-corrected chi connectivity index (χ0v) is 16.4. The van der Waals surface area contributed by atoms with Crippen molar-refractivity contribution in [3.63, 3.8) is 0 Å². The molecule has 7 heteroatoms. The molecule has 0 bridgehead atoms. The van der Waals surface area contributed by atoms with Gasteiger partial charge in [-0.2, -0.15) is 0 Å². The largest absolute Gasteiger partial charge is 0.490 e. The Kier molecular flexibility index (Phi) is 7.81. The number of nitrogens with two attached hydrogens (primary N) is 1. The van der Waals surface area contributed by atoms with Gasteiger partial charge in [-0.15, -0.1) is 0 Å². The molecule has 0 spiro atoms. The van der Waals surface area contributed by atoms with Crippen molar-refractivity contribution in [3.05, 3.63) is 47.0 Å². The third-order valence-electron chi connectivity index (χ3n) is 3.33. The van der Waals surface area contributed by atoms with Crippen molar-refractivity contribution in [1.29, 1.82) is 0 Å². The first-order chi connectivity index (χ1) is 12.6. The zero-order chi connectivity index (χ0) is 18.9. The first-order valence-electron chi connectivity index (χ1n) is 8.30. The third kappa shape index (κ3) is 5.41. The zero-order valence-electron chi connectivity index (χ0n) is 14.8. The second kappa shape index (κ2) is 10.1. The molecule has 0 saturated carbocycles. The normalized spacial score (nSPS) is 10.3. The van der Waals surface area contributed by atoms with Crippen LogP contribution in [-0.4, -0.2) is 31.4 Å². The van der Waals surface area contributed by atoms with Crippen LogP contribution >= 0.6 is 23.8 Å². The first-order valence-corrected chi connectivity index (χ1v) is 9.09. The number of rotatable bonds is 10. The van der Waals surface area contributed by atoms with Crippen LogP contribution in [0.15, 0.2) is 36.4 Å². The number of hydrogen-bond acceptors (Lipinski definition) is 5. The molecule has 2 N–H and O–H groups in total. The van der Waals surface area contributed by atoms with Crippen LogP contribution in [0.1, 0.15) is 19.4 Å². The number of ether oxygens (including phenoxy) is 4. The highest BCUT2D eigenvalue weighted by Gasteiger charge is 2.14. The molecule has 2 aromatic rings. The van der Waals surface area contributed by atoms with E-state index in [2.05, 4.69) is 0 Å². The van der Waals surface area contributed by atoms with E-state index in [9.17, 15) is 0 Å². The lowest BCUT2D eigenvalue weighted by atomic mass is 10.2. The molecule has 0 saturated heterocycles. The Morgan fingerprint density at radius 2 is 1.50 bits per heavy atom. The van der Waals surface area contributed by atoms with Gasteiger partial charge in [-0.05, 0) is 38.1 Å². The van der Waals surface area contributed by atoms with Crippen LogP contribution in [0.25, 0.3) is 0 Å². The molecule has 0 atom stereocenters. The summed E-state index contributed by atoms with van der Waals surface area (Å²) in [7, 11) is 0. The Balaban J connectivity index is 2.02. The van der Waals surface area contributed by atoms with Crippen LogP contribution in [0.2, 0.25) is 5.02 Å². The number of hydrogen-bond donors (Lipinski definition) is 1. The Morgan fingerprint density at radius 3 is 2.12 bits per heavy atom. The van der Waals surface area contributed by atoms with Crippen LogP contribution < -0.4 is 24.7 Å². The van der Waals surface area contributed by atoms with Crippen molar-refractivity contribution in [3.8, 4) is 23.0 Å². The Bertz CT molecular complexity index is 754. The minimum atomic E-state index is 0.246. The van der Waals surface area contributed by atoms with E-state index in [-0.39, 0.29) is 11.6 Å². The summed E-state index contributed by atoms with van der Waals surface area (Å²) in [6.45, 7) is 5.44. The molecule has 26 heavy (non-hydrogen) atoms. The van der Waals surface area contributed by atoms with Gasteiger partial charge in [0.1, 0.15) is 18.2 Å². The summed E-state index contributed by atoms with van der Waals surface area (Å²) in [5.41, 5.74) is 6.29. The van der Waals surface area contributed by atoms with Gasteiger partial charge in [-0.3, -0.25) is 0 Å². The van der Waals surface area contributed by atoms with Gasteiger partial charge in [0.25, 0.3) is 0 Å². The van der Waals surface area contributed by atoms with Crippen LogP contribution in [0.4, 0.5) is 0 Å². The molecular formula is C19H22ClNO4S. The smallest absolute Gasteiger partial charge is 0.179 e. The SMILES string of the molecule is CCOc1ccccc1OCCOc1c(Cl)cc(C(N)=S)cc1OCC. The summed E-state index contributed by atoms with van der Waals surface area (Å²) in [4.78, 5) is 0.246. The first kappa shape index (κ1) is 20.1. The fourth-order valence-electron chi connectivity index (χ4n) is 2.25. The Morgan fingerprint density at radius 1 is 0.923 bits per heavy atom. The molecule has 2 rings (SSSR count). The molecule has 0 aliphatic heterocycles. The molecule has 0 amide bonds. The maximum Gasteiger partial charge on any atom is 0.179 e. The van der Waals surface area contributed by atoms with Crippen molar-refractivity contribution < 1.29 is 18.9 Å². The number of benzene rings is 2. The molecule has 2 aromatic carbocycles. The summed E-state index contributed by atoms with van der Waals surface area (Å²) >= 11 is 11.3. The predicted octanol–water partition coefficient (Wildman–Crippen LogP) is 4.23. The van der Waals surface area contributed by atoms with Gasteiger partial charge < -0.3 is 24.7 Å². The number of para-hydroxylation sites is 2. The van der Waals surface area contributed by atoms with E-state index >= 15 is 0 Å². The molecule has 140 valence electrons. The van der Waals surface area contributed by atoms with Crippen molar-refractivity contribution in [1.82, 2.24) is 0 Å². The summed E-state index contributed by atoms with van der Waals surface area (Å²) in [5, 5.41) is 0.383. The average Bonchev–Trinajstić information content (AvgIpc) is 2.61. The molecule has 0 radical (unpaired) electrons. The van der Waals surface area contributed by atoms with E-state index in [1.807, 2.05) is 38.1 Å². The highest BCUT2D eigenvalue weighted by atomic mass is 35.5. The van der Waals surface area contributed by atoms with Gasteiger partial charge in [-0.1, -0.05) is 36.0 Å². The van der Waals surface area contributed by atoms with E-state index in [0.29, 0.717) is 53.4 Å². The van der Waals surface area contributed by atoms with Crippen molar-refractivity contribution >= 4 is 28.8 Å². The van der Waals surface area contributed by atoms with Gasteiger partial charge >= 0.3 is 0 Å². The van der Waals surface area contributed by atoms with Crippen LogP contribution in [0, 0.1) is 0 Å². The molecule has 0 fully saturated rings. The van der Waals surface area contributed by atoms with E-state index in [1.54, 1.807) is 12.1 Å². The van der Waals surface area contributed by atoms with Crippen LogP contribution in [-0.2, 0) is 0 Å². The summed E-state index contributed by atoms with van der Waals surface area (Å²) in [6.07, 6.45) is 0. The number of thiocarbonyl (C=S) groups is 1. The molecule has 0 aliphatic rings. The van der Waals surface area contributed by atoms with Gasteiger partial charge in [0, 0.05) is 5.56 Å². The molecule has 5 nitrogen and oxygen atoms in total. The summed E-state index contributed by atoms with van der Waals surface area (Å²) in [5.74, 6) is 2.30. The van der Waals surface area contributed by atoms with Crippen LogP contribution in [0.5, 0.6) is 23.0 Å². The van der Waals surface area contributed by atoms with Gasteiger partial charge in [-0.25, -0.2) is 0 Å². The maximum atomic E-state index is 6.30. The highest BCUT2D eigenvalue weighted by Crippen LogP contribution is 2.36. The maximum absolute atomic E-state index is 6.30. The fraction of sp³-hybridized carbons (Fsp3) is 0.316. The molecule has 0 aliphatic carbocycles. The lowest BCUT2D eigenvalue weighted by molar-refractivity contribution is 0.201. The summed E-state index contributed by atoms with van der Waals surface area (Å²) < 4.78 is 22.6. The second-order valence-corrected chi connectivity index (χ2v) is 6.01. The van der Waals surface area contributed by atoms with E-state index in [4.69, 9.17) is 48.5 Å². The third-order valence-corrected chi connectivity index (χ3v) is 3.85. The Hall–Kier alpha value is -2.18. The molecule has 0 aromatic heterocycles. The number of halogens is 1. The molecule has 0 heterocycles. The lowest BCUT2D eigenvalue weighted by Gasteiger charge is -2.16. The van der Waals surface area contributed by atoms with Crippen molar-refractivity contribution in [2.24, 2.45) is 5.73 Å². The molecule has 0 unspecified atom stereocenters. The van der Waals surface area contributed by atoms with Crippen molar-refractivity contribution in [2.75, 3.05) is 26.4 Å². The minimum absolute atomic E-state index is 0.246. The summed E-state index contributed by atoms with van der Waals surface area (Å²) in [6, 6.07) is 10.9. The van der Waals surface area contributed by atoms with Gasteiger partial charge in [0.2, 0.25) is 0 Å². The lowest BCUT2D eigenvalue weighted by Crippen LogP contribution is -2.13. The van der Waals surface area contributed by atoms with Crippen molar-refractivity contribution in [2.45, 2.75) is 13.8 Å². The highest BCUT2D eigenvalue weighted by molar-refractivity contribution is 7.80.